The highest BCUT2D eigenvalue weighted by Crippen LogP contribution is 2.28. The van der Waals surface area contributed by atoms with Gasteiger partial charge >= 0.3 is 24.8 Å². The molecule has 1 N–H and O–H groups in total. The Morgan fingerprint density at radius 3 is 2.46 bits per heavy atom. The lowest BCUT2D eigenvalue weighted by Crippen LogP contribution is -2.52. The van der Waals surface area contributed by atoms with Crippen LogP contribution in [-0.4, -0.2) is 92.9 Å². The molecule has 2 saturated heterocycles. The number of carbonyl (C=O) groups excluding carboxylic acids is 3. The number of carbonyl (C=O) groups is 3. The van der Waals surface area contributed by atoms with Gasteiger partial charge in [-0.05, 0) is 62.1 Å². The lowest BCUT2D eigenvalue weighted by Gasteiger charge is -2.35. The van der Waals surface area contributed by atoms with Gasteiger partial charge in [0.25, 0.3) is 5.56 Å². The molecular formula is C37H43F2N7O8. The van der Waals surface area contributed by atoms with E-state index in [4.69, 9.17) is 18.9 Å². The van der Waals surface area contributed by atoms with Gasteiger partial charge in [0, 0.05) is 50.2 Å². The molecule has 2 aromatic carbocycles. The minimum atomic E-state index is -3.11. The molecule has 0 radical (unpaired) electrons. The molecule has 15 nitrogen and oxygen atoms in total. The summed E-state index contributed by atoms with van der Waals surface area (Å²) in [6.45, 7) is 7.18. The van der Waals surface area contributed by atoms with Crippen LogP contribution >= 0.6 is 0 Å². The number of piperazine rings is 1. The van der Waals surface area contributed by atoms with Crippen LogP contribution in [0.25, 0.3) is 22.0 Å². The highest BCUT2D eigenvalue weighted by molar-refractivity contribution is 5.84. The number of alkyl carbamates (subject to hydrolysis) is 1. The van der Waals surface area contributed by atoms with Crippen molar-refractivity contribution in [2.45, 2.75) is 72.1 Å². The Morgan fingerprint density at radius 2 is 1.78 bits per heavy atom. The maximum atomic E-state index is 13.5. The van der Waals surface area contributed by atoms with Gasteiger partial charge in [0.05, 0.1) is 23.5 Å². The van der Waals surface area contributed by atoms with Crippen molar-refractivity contribution >= 4 is 35.0 Å². The zero-order chi connectivity index (χ0) is 38.9. The molecule has 2 atom stereocenters. The van der Waals surface area contributed by atoms with Gasteiger partial charge in [-0.2, -0.15) is 8.78 Å². The van der Waals surface area contributed by atoms with Crippen LogP contribution in [0.4, 0.5) is 24.3 Å². The van der Waals surface area contributed by atoms with E-state index in [1.54, 1.807) is 87.9 Å². The molecule has 1 unspecified atom stereocenters. The average molecular weight is 752 g/mol. The van der Waals surface area contributed by atoms with Gasteiger partial charge in [-0.25, -0.2) is 24.4 Å². The number of amides is 2. The van der Waals surface area contributed by atoms with Crippen LogP contribution in [0.1, 0.15) is 45.7 Å². The van der Waals surface area contributed by atoms with E-state index in [1.807, 2.05) is 4.90 Å². The Balaban J connectivity index is 1.22. The summed E-state index contributed by atoms with van der Waals surface area (Å²) in [4.78, 5) is 63.5. The van der Waals surface area contributed by atoms with Gasteiger partial charge in [-0.3, -0.25) is 19.1 Å². The van der Waals surface area contributed by atoms with Crippen LogP contribution in [0.2, 0.25) is 0 Å². The van der Waals surface area contributed by atoms with Crippen molar-refractivity contribution in [1.82, 2.24) is 29.5 Å². The molecule has 0 bridgehead atoms. The summed E-state index contributed by atoms with van der Waals surface area (Å²) in [6.07, 6.45) is 2.30. The van der Waals surface area contributed by atoms with Gasteiger partial charge in [0.1, 0.15) is 30.6 Å². The summed E-state index contributed by atoms with van der Waals surface area (Å²) in [6, 6.07) is 8.65. The Morgan fingerprint density at radius 1 is 1.04 bits per heavy atom. The van der Waals surface area contributed by atoms with Gasteiger partial charge in [-0.15, -0.1) is 0 Å². The van der Waals surface area contributed by atoms with Crippen LogP contribution in [0.15, 0.2) is 53.6 Å². The monoisotopic (exact) mass is 751 g/mol. The van der Waals surface area contributed by atoms with E-state index in [0.29, 0.717) is 59.8 Å². The van der Waals surface area contributed by atoms with Gasteiger partial charge < -0.3 is 29.2 Å². The fourth-order valence-electron chi connectivity index (χ4n) is 6.44. The molecule has 0 spiro atoms. The number of rotatable bonds is 11. The number of aromatic nitrogens is 4. The van der Waals surface area contributed by atoms with Crippen molar-refractivity contribution in [3.63, 3.8) is 0 Å². The standard InChI is InChI=1S/C37H43F2N7O8/c1-21(2)30(42-35(49)54-37(3,4)5)32(48)51-19-22-7-10-29(53-33(38)39)24(13-22)17-46-28-14-23(8-9-27(28)31(47)43(46)6)25-15-40-34(41-16-25)44-11-12-45-26(18-44)20-52-36(45)50/h7-10,13-16,21,26,30,33H,11-12,17-20H2,1-6H3,(H,42,49)/t26-,30?/m0/s1. The Labute approximate surface area is 309 Å². The van der Waals surface area contributed by atoms with E-state index in [2.05, 4.69) is 15.3 Å². The quantitative estimate of drug-likeness (QED) is 0.168. The fourth-order valence-corrected chi connectivity index (χ4v) is 6.44. The molecule has 2 aliphatic rings. The largest absolute Gasteiger partial charge is 0.459 e. The van der Waals surface area contributed by atoms with Gasteiger partial charge in [0.15, 0.2) is 0 Å². The van der Waals surface area contributed by atoms with E-state index >= 15 is 0 Å². The number of ether oxygens (including phenoxy) is 4. The predicted octanol–water partition coefficient (Wildman–Crippen LogP) is 4.68. The van der Waals surface area contributed by atoms with Crippen LogP contribution in [0, 0.1) is 5.92 Å². The molecule has 4 aromatic rings. The molecule has 2 aliphatic heterocycles. The summed E-state index contributed by atoms with van der Waals surface area (Å²) in [5.74, 6) is -0.616. The van der Waals surface area contributed by atoms with Crippen molar-refractivity contribution in [2.24, 2.45) is 13.0 Å². The van der Waals surface area contributed by atoms with E-state index in [-0.39, 0.29) is 42.5 Å². The van der Waals surface area contributed by atoms with E-state index < -0.39 is 30.3 Å². The number of anilines is 1. The zero-order valence-corrected chi connectivity index (χ0v) is 30.9. The molecular weight excluding hydrogens is 708 g/mol. The number of alkyl halides is 2. The van der Waals surface area contributed by atoms with Crippen molar-refractivity contribution < 1.29 is 42.1 Å². The second-order valence-electron chi connectivity index (χ2n) is 14.6. The first-order valence-corrected chi connectivity index (χ1v) is 17.5. The highest BCUT2D eigenvalue weighted by atomic mass is 19.3. The topological polar surface area (TPSA) is 159 Å². The molecule has 0 aliphatic carbocycles. The first-order valence-electron chi connectivity index (χ1n) is 17.5. The molecule has 17 heteroatoms. The van der Waals surface area contributed by atoms with E-state index in [1.165, 1.54) is 16.8 Å². The number of hydrogen-bond acceptors (Lipinski definition) is 11. The molecule has 54 heavy (non-hydrogen) atoms. The third-order valence-corrected chi connectivity index (χ3v) is 9.17. The molecule has 2 fully saturated rings. The van der Waals surface area contributed by atoms with Crippen LogP contribution < -0.4 is 20.5 Å². The Hall–Kier alpha value is -5.74. The number of hydrogen-bond donors (Lipinski definition) is 1. The zero-order valence-electron chi connectivity index (χ0n) is 30.9. The van der Waals surface area contributed by atoms with Gasteiger partial charge in [-0.1, -0.05) is 26.0 Å². The Bertz CT molecular complexity index is 2090. The fraction of sp³-hybridized carbons (Fsp3) is 0.459. The van der Waals surface area contributed by atoms with Crippen LogP contribution in [0.5, 0.6) is 5.75 Å². The molecule has 2 amide bonds. The average Bonchev–Trinajstić information content (AvgIpc) is 3.60. The van der Waals surface area contributed by atoms with Crippen molar-refractivity contribution in [1.29, 1.82) is 0 Å². The maximum absolute atomic E-state index is 13.5. The van der Waals surface area contributed by atoms with Crippen LogP contribution in [-0.2, 0) is 39.2 Å². The van der Waals surface area contributed by atoms with E-state index in [0.717, 1.165) is 5.56 Å². The molecule has 4 heterocycles. The first-order chi connectivity index (χ1) is 25.6. The minimum Gasteiger partial charge on any atom is -0.459 e. The number of esters is 1. The first kappa shape index (κ1) is 38.0. The van der Waals surface area contributed by atoms with Gasteiger partial charge in [0.2, 0.25) is 5.95 Å². The number of fused-ring (bicyclic) bond motifs is 2. The smallest absolute Gasteiger partial charge is 0.410 e. The number of benzene rings is 2. The lowest BCUT2D eigenvalue weighted by atomic mass is 10.0. The molecule has 288 valence electrons. The van der Waals surface area contributed by atoms with Crippen molar-refractivity contribution in [3.8, 4) is 16.9 Å². The maximum Gasteiger partial charge on any atom is 0.410 e. The third-order valence-electron chi connectivity index (χ3n) is 9.17. The molecule has 0 saturated carbocycles. The summed E-state index contributed by atoms with van der Waals surface area (Å²) in [7, 11) is 1.58. The second kappa shape index (κ2) is 15.3. The summed E-state index contributed by atoms with van der Waals surface area (Å²) >= 11 is 0. The summed E-state index contributed by atoms with van der Waals surface area (Å²) in [5.41, 5.74) is 1.64. The highest BCUT2D eigenvalue weighted by Gasteiger charge is 2.38. The number of nitrogens with zero attached hydrogens (tertiary/aromatic N) is 6. The third kappa shape index (κ3) is 8.39. The van der Waals surface area contributed by atoms with Crippen molar-refractivity contribution in [3.05, 3.63) is 70.3 Å². The van der Waals surface area contributed by atoms with E-state index in [9.17, 15) is 28.0 Å². The predicted molar refractivity (Wildman–Crippen MR) is 192 cm³/mol. The molecule has 2 aromatic heterocycles. The minimum absolute atomic E-state index is 0.0495. The number of cyclic esters (lactones) is 1. The number of halogens is 2. The summed E-state index contributed by atoms with van der Waals surface area (Å²) in [5, 5.41) is 2.96. The molecule has 6 rings (SSSR count). The second-order valence-corrected chi connectivity index (χ2v) is 14.6. The Kier molecular flexibility index (Phi) is 10.8. The van der Waals surface area contributed by atoms with Crippen LogP contribution in [0.3, 0.4) is 0 Å². The summed E-state index contributed by atoms with van der Waals surface area (Å²) < 4.78 is 50.9. The van der Waals surface area contributed by atoms with Crippen molar-refractivity contribution in [2.75, 3.05) is 31.1 Å². The number of nitrogens with one attached hydrogen (secondary N) is 1. The normalized spacial score (nSPS) is 16.4. The lowest BCUT2D eigenvalue weighted by molar-refractivity contribution is -0.148. The SMILES string of the molecule is CC(C)C(NC(=O)OC(C)(C)C)C(=O)OCc1ccc(OC(F)F)c(Cn2c3cc(-c4cnc(N5CCN6C(=O)OC[C@@H]6C5)nc4)ccc3c(=O)n2C)c1.